The summed E-state index contributed by atoms with van der Waals surface area (Å²) in [6, 6.07) is 3.43. The summed E-state index contributed by atoms with van der Waals surface area (Å²) >= 11 is 12.1. The number of aliphatic hydroxyl groups excluding tert-OH is 1. The molecule has 0 radical (unpaired) electrons. The van der Waals surface area contributed by atoms with Crippen molar-refractivity contribution in [2.24, 2.45) is 0 Å². The van der Waals surface area contributed by atoms with Gasteiger partial charge in [-0.05, 0) is 30.0 Å². The monoisotopic (exact) mass is 302 g/mol. The molecule has 2 amide bonds. The molecule has 19 heavy (non-hydrogen) atoms. The molecule has 1 aromatic carbocycles. The average molecular weight is 303 g/mol. The van der Waals surface area contributed by atoms with E-state index in [1.54, 1.807) is 13.1 Å². The Balaban J connectivity index is 2.11. The largest absolute Gasteiger partial charge is 0.395 e. The predicted octanol–water partition coefficient (Wildman–Crippen LogP) is 2.61. The zero-order chi connectivity index (χ0) is 14.0. The number of likely N-dealkylation sites (N-methyl/N-ethyl adjacent to an activating group) is 1. The Kier molecular flexibility index (Phi) is 4.55. The summed E-state index contributed by atoms with van der Waals surface area (Å²) in [7, 11) is 1.65. The second-order valence-electron chi connectivity index (χ2n) is 4.62. The first-order valence-electron chi connectivity index (χ1n) is 6.14. The van der Waals surface area contributed by atoms with Crippen molar-refractivity contribution in [2.45, 2.75) is 18.9 Å². The Bertz CT molecular complexity index is 494. The number of urea groups is 1. The van der Waals surface area contributed by atoms with Crippen molar-refractivity contribution in [1.29, 1.82) is 0 Å². The van der Waals surface area contributed by atoms with Gasteiger partial charge in [-0.15, -0.1) is 0 Å². The third kappa shape index (κ3) is 2.96. The molecule has 4 nitrogen and oxygen atoms in total. The van der Waals surface area contributed by atoms with Gasteiger partial charge in [-0.3, -0.25) is 0 Å². The van der Waals surface area contributed by atoms with Crippen LogP contribution in [0, 0.1) is 0 Å². The number of hydrogen-bond donors (Lipinski definition) is 2. The second-order valence-corrected chi connectivity index (χ2v) is 5.40. The molecule has 1 atom stereocenters. The molecule has 2 rings (SSSR count). The van der Waals surface area contributed by atoms with Crippen LogP contribution in [0.25, 0.3) is 0 Å². The van der Waals surface area contributed by atoms with Gasteiger partial charge in [0, 0.05) is 13.6 Å². The number of nitrogens with zero attached hydrogens (tertiary/aromatic N) is 1. The van der Waals surface area contributed by atoms with E-state index >= 15 is 0 Å². The molecular weight excluding hydrogens is 287 g/mol. The van der Waals surface area contributed by atoms with Crippen LogP contribution < -0.4 is 5.32 Å². The van der Waals surface area contributed by atoms with Crippen molar-refractivity contribution < 1.29 is 9.90 Å². The summed E-state index contributed by atoms with van der Waals surface area (Å²) in [6.07, 6.45) is 1.62. The number of nitrogens with one attached hydrogen (secondary N) is 1. The highest BCUT2D eigenvalue weighted by atomic mass is 35.5. The molecule has 0 aliphatic heterocycles. The van der Waals surface area contributed by atoms with Gasteiger partial charge in [0.2, 0.25) is 0 Å². The minimum atomic E-state index is -0.196. The van der Waals surface area contributed by atoms with E-state index in [0.717, 1.165) is 24.0 Å². The lowest BCUT2D eigenvalue weighted by Gasteiger charge is -2.21. The number of carbonyl (C=O) groups excluding carboxylic acids is 1. The van der Waals surface area contributed by atoms with Gasteiger partial charge in [-0.2, -0.15) is 0 Å². The first kappa shape index (κ1) is 14.4. The fraction of sp³-hybridized carbons (Fsp3) is 0.462. The maximum Gasteiger partial charge on any atom is 0.317 e. The Hall–Kier alpha value is -0.970. The quantitative estimate of drug-likeness (QED) is 0.902. The van der Waals surface area contributed by atoms with Crippen molar-refractivity contribution in [3.63, 3.8) is 0 Å². The Morgan fingerprint density at radius 1 is 1.53 bits per heavy atom. The van der Waals surface area contributed by atoms with Crippen molar-refractivity contribution in [2.75, 3.05) is 20.2 Å². The molecule has 0 saturated carbocycles. The van der Waals surface area contributed by atoms with Crippen molar-refractivity contribution in [3.8, 4) is 0 Å². The van der Waals surface area contributed by atoms with Crippen LogP contribution in [-0.2, 0) is 6.42 Å². The summed E-state index contributed by atoms with van der Waals surface area (Å²) in [5.74, 6) is 0. The smallest absolute Gasteiger partial charge is 0.317 e. The minimum absolute atomic E-state index is 0.0431. The van der Waals surface area contributed by atoms with Crippen LogP contribution in [0.2, 0.25) is 10.0 Å². The average Bonchev–Trinajstić information content (AvgIpc) is 2.78. The number of aliphatic hydroxyl groups is 1. The molecule has 0 aromatic heterocycles. The second kappa shape index (κ2) is 5.99. The fourth-order valence-electron chi connectivity index (χ4n) is 2.29. The minimum Gasteiger partial charge on any atom is -0.395 e. The highest BCUT2D eigenvalue weighted by molar-refractivity contribution is 6.42. The number of benzene rings is 1. The summed E-state index contributed by atoms with van der Waals surface area (Å²) < 4.78 is 0. The first-order chi connectivity index (χ1) is 9.04. The van der Waals surface area contributed by atoms with Crippen LogP contribution in [0.1, 0.15) is 23.6 Å². The molecule has 1 aliphatic carbocycles. The van der Waals surface area contributed by atoms with E-state index < -0.39 is 0 Å². The molecule has 0 bridgehead atoms. The van der Waals surface area contributed by atoms with E-state index in [1.165, 1.54) is 4.90 Å². The highest BCUT2D eigenvalue weighted by Crippen LogP contribution is 2.39. The summed E-state index contributed by atoms with van der Waals surface area (Å²) in [6.45, 7) is 0.263. The van der Waals surface area contributed by atoms with Gasteiger partial charge in [-0.1, -0.05) is 29.3 Å². The van der Waals surface area contributed by atoms with Crippen LogP contribution in [0.3, 0.4) is 0 Å². The lowest BCUT2D eigenvalue weighted by atomic mass is 10.1. The summed E-state index contributed by atoms with van der Waals surface area (Å²) in [4.78, 5) is 13.3. The van der Waals surface area contributed by atoms with Gasteiger partial charge in [0.05, 0.1) is 22.7 Å². The number of carbonyl (C=O) groups is 1. The maximum absolute atomic E-state index is 11.9. The number of amides is 2. The molecule has 0 fully saturated rings. The Morgan fingerprint density at radius 3 is 2.95 bits per heavy atom. The van der Waals surface area contributed by atoms with Crippen LogP contribution in [0.5, 0.6) is 0 Å². The highest BCUT2D eigenvalue weighted by Gasteiger charge is 2.27. The van der Waals surface area contributed by atoms with Gasteiger partial charge in [0.25, 0.3) is 0 Å². The molecule has 104 valence electrons. The predicted molar refractivity (Wildman–Crippen MR) is 75.8 cm³/mol. The van der Waals surface area contributed by atoms with Crippen molar-refractivity contribution >= 4 is 29.2 Å². The van der Waals surface area contributed by atoms with Crippen LogP contribution in [0.4, 0.5) is 4.79 Å². The summed E-state index contributed by atoms with van der Waals surface area (Å²) in [5, 5.41) is 12.9. The van der Waals surface area contributed by atoms with Gasteiger partial charge in [0.1, 0.15) is 0 Å². The lowest BCUT2D eigenvalue weighted by Crippen LogP contribution is -2.40. The van der Waals surface area contributed by atoms with Crippen molar-refractivity contribution in [3.05, 3.63) is 33.3 Å². The lowest BCUT2D eigenvalue weighted by molar-refractivity contribution is 0.187. The van der Waals surface area contributed by atoms with Crippen molar-refractivity contribution in [1.82, 2.24) is 10.2 Å². The number of rotatable bonds is 3. The standard InChI is InChI=1S/C13H16Cl2N2O2/c1-17(6-7-18)13(19)16-11-5-3-9-8(11)2-4-10(14)12(9)15/h2,4,11,18H,3,5-7H2,1H3,(H,16,19). The zero-order valence-corrected chi connectivity index (χ0v) is 12.1. The van der Waals surface area contributed by atoms with E-state index in [1.807, 2.05) is 6.07 Å². The van der Waals surface area contributed by atoms with Crippen LogP contribution in [0.15, 0.2) is 12.1 Å². The fourth-order valence-corrected chi connectivity index (χ4v) is 2.74. The van der Waals surface area contributed by atoms with E-state index in [-0.39, 0.29) is 18.7 Å². The zero-order valence-electron chi connectivity index (χ0n) is 10.6. The summed E-state index contributed by atoms with van der Waals surface area (Å²) in [5.41, 5.74) is 2.05. The van der Waals surface area contributed by atoms with Gasteiger partial charge >= 0.3 is 6.03 Å². The molecule has 6 heteroatoms. The Morgan fingerprint density at radius 2 is 2.26 bits per heavy atom. The SMILES string of the molecule is CN(CCO)C(=O)NC1CCc2c1ccc(Cl)c2Cl. The number of halogens is 2. The van der Waals surface area contributed by atoms with Gasteiger partial charge in [0.15, 0.2) is 0 Å². The topological polar surface area (TPSA) is 52.6 Å². The Labute approximate surface area is 122 Å². The third-order valence-electron chi connectivity index (χ3n) is 3.37. The first-order valence-corrected chi connectivity index (χ1v) is 6.89. The molecule has 0 saturated heterocycles. The van der Waals surface area contributed by atoms with Crippen LogP contribution in [-0.4, -0.2) is 36.2 Å². The van der Waals surface area contributed by atoms with Gasteiger partial charge in [-0.25, -0.2) is 4.79 Å². The van der Waals surface area contributed by atoms with Gasteiger partial charge < -0.3 is 15.3 Å². The molecule has 1 unspecified atom stereocenters. The molecule has 0 heterocycles. The van der Waals surface area contributed by atoms with E-state index in [2.05, 4.69) is 5.32 Å². The number of fused-ring (bicyclic) bond motifs is 1. The van der Waals surface area contributed by atoms with E-state index in [0.29, 0.717) is 16.6 Å². The molecular formula is C13H16Cl2N2O2. The molecule has 0 spiro atoms. The molecule has 2 N–H and O–H groups in total. The van der Waals surface area contributed by atoms with E-state index in [9.17, 15) is 4.79 Å². The molecule has 1 aromatic rings. The number of hydrogen-bond acceptors (Lipinski definition) is 2. The maximum atomic E-state index is 11.9. The van der Waals surface area contributed by atoms with Crippen LogP contribution >= 0.6 is 23.2 Å². The normalized spacial score (nSPS) is 17.2. The molecule has 1 aliphatic rings. The third-order valence-corrected chi connectivity index (χ3v) is 4.21. The van der Waals surface area contributed by atoms with E-state index in [4.69, 9.17) is 28.3 Å².